The maximum atomic E-state index is 11.7. The van der Waals surface area contributed by atoms with Crippen molar-refractivity contribution in [2.75, 3.05) is 19.8 Å². The summed E-state index contributed by atoms with van der Waals surface area (Å²) >= 11 is 0. The molecule has 0 aromatic carbocycles. The molecule has 3 heterocycles. The molecule has 232 valence electrons. The number of hydrogen-bond donors (Lipinski definition) is 11. The predicted octanol–water partition coefficient (Wildman–Crippen LogP) is -7.29. The van der Waals surface area contributed by atoms with Crippen molar-refractivity contribution in [3.63, 3.8) is 0 Å². The zero-order valence-corrected chi connectivity index (χ0v) is 21.7. The third-order valence-corrected chi connectivity index (χ3v) is 6.90. The molecule has 2 amide bonds. The first-order chi connectivity index (χ1) is 18.8. The minimum atomic E-state index is -1.94. The van der Waals surface area contributed by atoms with Crippen LogP contribution in [0.2, 0.25) is 0 Å². The van der Waals surface area contributed by atoms with E-state index in [2.05, 4.69) is 10.6 Å². The molecular weight excluding hydrogens is 548 g/mol. The van der Waals surface area contributed by atoms with Crippen LogP contribution in [0.1, 0.15) is 13.8 Å². The number of carbonyl (C=O) groups is 2. The molecule has 0 bridgehead atoms. The van der Waals surface area contributed by atoms with E-state index in [1.165, 1.54) is 0 Å². The van der Waals surface area contributed by atoms with Gasteiger partial charge in [0.15, 0.2) is 18.9 Å². The number of aliphatic hydroxyl groups is 9. The van der Waals surface area contributed by atoms with Crippen LogP contribution in [0.3, 0.4) is 0 Å². The van der Waals surface area contributed by atoms with Gasteiger partial charge in [-0.25, -0.2) is 0 Å². The Morgan fingerprint density at radius 3 is 1.60 bits per heavy atom. The fraction of sp³-hybridized carbons (Fsp3) is 0.909. The van der Waals surface area contributed by atoms with Gasteiger partial charge in [-0.15, -0.1) is 0 Å². The number of hydrogen-bond acceptors (Lipinski definition) is 16. The van der Waals surface area contributed by atoms with Crippen molar-refractivity contribution in [1.29, 1.82) is 0 Å². The van der Waals surface area contributed by atoms with Crippen molar-refractivity contribution >= 4 is 11.8 Å². The maximum Gasteiger partial charge on any atom is 0.217 e. The van der Waals surface area contributed by atoms with Gasteiger partial charge in [-0.05, 0) is 0 Å². The Balaban J connectivity index is 1.88. The quantitative estimate of drug-likeness (QED) is 0.120. The number of ether oxygens (including phenoxy) is 5. The van der Waals surface area contributed by atoms with Crippen LogP contribution in [0, 0.1) is 0 Å². The SMILES string of the molecule is CC(=O)NC1C(OC2C(O)C(CO)OC(OC3C(O)C(CO)OC(O)C3NC(C)=O)C2O)OC(CO)C(O)C1O. The molecule has 0 aromatic rings. The molecule has 3 rings (SSSR count). The summed E-state index contributed by atoms with van der Waals surface area (Å²) < 4.78 is 27.5. The molecule has 0 radical (unpaired) electrons. The highest BCUT2D eigenvalue weighted by molar-refractivity contribution is 5.73. The van der Waals surface area contributed by atoms with Gasteiger partial charge in [-0.2, -0.15) is 0 Å². The first-order valence-corrected chi connectivity index (χ1v) is 12.6. The molecule has 0 spiro atoms. The topological polar surface area (TPSA) is 286 Å². The van der Waals surface area contributed by atoms with Crippen molar-refractivity contribution in [2.24, 2.45) is 0 Å². The maximum absolute atomic E-state index is 11.7. The predicted molar refractivity (Wildman–Crippen MR) is 124 cm³/mol. The summed E-state index contributed by atoms with van der Waals surface area (Å²) in [5.41, 5.74) is 0. The van der Waals surface area contributed by atoms with E-state index in [1.807, 2.05) is 0 Å². The van der Waals surface area contributed by atoms with Gasteiger partial charge in [0.2, 0.25) is 11.8 Å². The lowest BCUT2D eigenvalue weighted by Crippen LogP contribution is -2.69. The van der Waals surface area contributed by atoms with Gasteiger partial charge in [-0.1, -0.05) is 0 Å². The van der Waals surface area contributed by atoms with E-state index in [-0.39, 0.29) is 0 Å². The Bertz CT molecular complexity index is 854. The first kappa shape index (κ1) is 32.9. The number of aliphatic hydroxyl groups excluding tert-OH is 9. The average Bonchev–Trinajstić information content (AvgIpc) is 2.90. The van der Waals surface area contributed by atoms with E-state index in [9.17, 15) is 55.5 Å². The van der Waals surface area contributed by atoms with Gasteiger partial charge in [-0.3, -0.25) is 9.59 Å². The minimum absolute atomic E-state index is 0.650. The average molecular weight is 587 g/mol. The summed E-state index contributed by atoms with van der Waals surface area (Å²) in [6.45, 7) is -0.135. The highest BCUT2D eigenvalue weighted by atomic mass is 16.7. The second-order valence-electron chi connectivity index (χ2n) is 9.81. The molecule has 11 N–H and O–H groups in total. The Morgan fingerprint density at radius 1 is 0.600 bits per heavy atom. The van der Waals surface area contributed by atoms with Crippen LogP contribution in [0.4, 0.5) is 0 Å². The number of nitrogens with one attached hydrogen (secondary N) is 2. The highest BCUT2D eigenvalue weighted by Crippen LogP contribution is 2.32. The molecule has 3 fully saturated rings. The highest BCUT2D eigenvalue weighted by Gasteiger charge is 2.54. The summed E-state index contributed by atoms with van der Waals surface area (Å²) in [6.07, 6.45) is -21.5. The normalized spacial score (nSPS) is 46.0. The van der Waals surface area contributed by atoms with Gasteiger partial charge in [0.25, 0.3) is 0 Å². The number of rotatable bonds is 9. The van der Waals surface area contributed by atoms with Crippen molar-refractivity contribution in [2.45, 2.75) is 106 Å². The Hall–Kier alpha value is -1.62. The van der Waals surface area contributed by atoms with Crippen LogP contribution < -0.4 is 10.6 Å². The van der Waals surface area contributed by atoms with E-state index in [4.69, 9.17) is 23.7 Å². The van der Waals surface area contributed by atoms with Crippen molar-refractivity contribution in [1.82, 2.24) is 10.6 Å². The van der Waals surface area contributed by atoms with Crippen LogP contribution >= 0.6 is 0 Å². The van der Waals surface area contributed by atoms with Gasteiger partial charge in [0.05, 0.1) is 19.8 Å². The van der Waals surface area contributed by atoms with Crippen molar-refractivity contribution in [3.8, 4) is 0 Å². The van der Waals surface area contributed by atoms with E-state index in [0.29, 0.717) is 0 Å². The molecule has 15 unspecified atom stereocenters. The molecule has 18 heteroatoms. The molecule has 0 saturated carbocycles. The standard InChI is InChI=1S/C22H38N2O16/c1-6(28)23-11-16(33)13(30)8(3-25)37-21(11)40-19-15(32)10(5-27)38-22(17(19)34)39-18-12(24-7(2)29)20(35)36-9(4-26)14(18)31/h8-22,25-27,30-35H,3-5H2,1-2H3,(H,23,28)(H,24,29). The zero-order chi connectivity index (χ0) is 29.9. The lowest BCUT2D eigenvalue weighted by Gasteiger charge is -2.49. The van der Waals surface area contributed by atoms with E-state index < -0.39 is 124 Å². The number of carbonyl (C=O) groups excluding carboxylic acids is 2. The van der Waals surface area contributed by atoms with Crippen LogP contribution in [0.25, 0.3) is 0 Å². The monoisotopic (exact) mass is 586 g/mol. The fourth-order valence-corrected chi connectivity index (χ4v) is 4.86. The van der Waals surface area contributed by atoms with Crippen LogP contribution in [0.5, 0.6) is 0 Å². The molecule has 3 aliphatic rings. The summed E-state index contributed by atoms with van der Waals surface area (Å²) in [4.78, 5) is 23.4. The second kappa shape index (κ2) is 14.0. The molecule has 0 aromatic heterocycles. The van der Waals surface area contributed by atoms with Crippen LogP contribution in [0.15, 0.2) is 0 Å². The molecule has 18 nitrogen and oxygen atoms in total. The second-order valence-corrected chi connectivity index (χ2v) is 9.81. The van der Waals surface area contributed by atoms with Crippen molar-refractivity contribution in [3.05, 3.63) is 0 Å². The zero-order valence-electron chi connectivity index (χ0n) is 21.7. The first-order valence-electron chi connectivity index (χ1n) is 12.6. The molecule has 40 heavy (non-hydrogen) atoms. The van der Waals surface area contributed by atoms with E-state index >= 15 is 0 Å². The smallest absolute Gasteiger partial charge is 0.217 e. The third-order valence-electron chi connectivity index (χ3n) is 6.90. The number of amides is 2. The lowest BCUT2D eigenvalue weighted by atomic mass is 9.94. The molecule has 3 saturated heterocycles. The summed E-state index contributed by atoms with van der Waals surface area (Å²) in [5.74, 6) is -1.31. The van der Waals surface area contributed by atoms with Gasteiger partial charge in [0.1, 0.15) is 73.1 Å². The Morgan fingerprint density at radius 2 is 1.05 bits per heavy atom. The van der Waals surface area contributed by atoms with Crippen LogP contribution in [-0.4, -0.2) is 170 Å². The Labute approximate surface area is 228 Å². The molecule has 3 aliphatic heterocycles. The molecular formula is C22H38N2O16. The summed E-state index contributed by atoms with van der Waals surface area (Å²) in [7, 11) is 0. The van der Waals surface area contributed by atoms with Gasteiger partial charge < -0.3 is 80.3 Å². The van der Waals surface area contributed by atoms with Gasteiger partial charge >= 0.3 is 0 Å². The largest absolute Gasteiger partial charge is 0.394 e. The van der Waals surface area contributed by atoms with E-state index in [1.54, 1.807) is 0 Å². The van der Waals surface area contributed by atoms with Crippen LogP contribution in [-0.2, 0) is 33.3 Å². The molecule has 15 atom stereocenters. The summed E-state index contributed by atoms with van der Waals surface area (Å²) in [6, 6.07) is -2.86. The Kier molecular flexibility index (Phi) is 11.5. The fourth-order valence-electron chi connectivity index (χ4n) is 4.86. The lowest BCUT2D eigenvalue weighted by molar-refractivity contribution is -0.365. The van der Waals surface area contributed by atoms with E-state index in [0.717, 1.165) is 13.8 Å². The summed E-state index contributed by atoms with van der Waals surface area (Å²) in [5, 5.41) is 97.2. The molecule has 0 aliphatic carbocycles. The minimum Gasteiger partial charge on any atom is -0.394 e. The van der Waals surface area contributed by atoms with Gasteiger partial charge in [0, 0.05) is 13.8 Å². The van der Waals surface area contributed by atoms with Crippen molar-refractivity contribution < 1.29 is 79.2 Å². The third kappa shape index (κ3) is 7.05.